The van der Waals surface area contributed by atoms with E-state index in [9.17, 15) is 19.5 Å². The second-order valence-electron chi connectivity index (χ2n) is 9.85. The fourth-order valence-electron chi connectivity index (χ4n) is 4.32. The number of anilines is 1. The van der Waals surface area contributed by atoms with Gasteiger partial charge in [-0.05, 0) is 55.9 Å². The molecule has 30 heavy (non-hydrogen) atoms. The zero-order valence-electron chi connectivity index (χ0n) is 18.6. The van der Waals surface area contributed by atoms with E-state index in [0.29, 0.717) is 24.7 Å². The second kappa shape index (κ2) is 9.08. The van der Waals surface area contributed by atoms with E-state index in [4.69, 9.17) is 0 Å². The summed E-state index contributed by atoms with van der Waals surface area (Å²) in [7, 11) is 0. The summed E-state index contributed by atoms with van der Waals surface area (Å²) in [5.74, 6) is -0.779. The lowest BCUT2D eigenvalue weighted by Crippen LogP contribution is -2.45. The third kappa shape index (κ3) is 5.05. The molecule has 0 spiro atoms. The van der Waals surface area contributed by atoms with E-state index in [2.05, 4.69) is 6.92 Å². The van der Waals surface area contributed by atoms with Gasteiger partial charge in [-0.3, -0.25) is 9.59 Å². The first-order valence-electron chi connectivity index (χ1n) is 11.0. The average Bonchev–Trinajstić information content (AvgIpc) is 3.35. The van der Waals surface area contributed by atoms with Crippen LogP contribution < -0.4 is 4.90 Å². The summed E-state index contributed by atoms with van der Waals surface area (Å²) in [6, 6.07) is 1.81. The zero-order valence-corrected chi connectivity index (χ0v) is 19.4. The Bertz CT molecular complexity index is 797. The number of nitrogens with zero attached hydrogens (tertiary/aromatic N) is 2. The molecular weight excluding hydrogens is 400 g/mol. The Morgan fingerprint density at radius 3 is 2.27 bits per heavy atom. The SMILES string of the molecule is CC1CCC(C(=O)N(CC(=O)N2CCCC2)c2cc(C(C)(C)C)sc2C(=O)O)CC1. The molecular formula is C23H34N2O4S. The van der Waals surface area contributed by atoms with Crippen LogP contribution in [0.3, 0.4) is 0 Å². The van der Waals surface area contributed by atoms with Crippen molar-refractivity contribution >= 4 is 34.8 Å². The van der Waals surface area contributed by atoms with E-state index in [1.54, 1.807) is 4.90 Å². The Morgan fingerprint density at radius 2 is 1.73 bits per heavy atom. The van der Waals surface area contributed by atoms with Crippen molar-refractivity contribution < 1.29 is 19.5 Å². The monoisotopic (exact) mass is 434 g/mol. The van der Waals surface area contributed by atoms with Crippen LogP contribution in [0.1, 0.15) is 80.8 Å². The van der Waals surface area contributed by atoms with E-state index in [-0.39, 0.29) is 34.6 Å². The molecule has 0 atom stereocenters. The van der Waals surface area contributed by atoms with Crippen molar-refractivity contribution in [2.75, 3.05) is 24.5 Å². The summed E-state index contributed by atoms with van der Waals surface area (Å²) < 4.78 is 0. The molecule has 2 heterocycles. The number of carbonyl (C=O) groups is 3. The second-order valence-corrected chi connectivity index (χ2v) is 10.9. The summed E-state index contributed by atoms with van der Waals surface area (Å²) in [6.07, 6.45) is 5.54. The molecule has 166 valence electrons. The van der Waals surface area contributed by atoms with Gasteiger partial charge in [-0.25, -0.2) is 4.79 Å². The molecule has 1 saturated carbocycles. The first kappa shape index (κ1) is 22.8. The van der Waals surface area contributed by atoms with Crippen molar-refractivity contribution in [2.24, 2.45) is 11.8 Å². The molecule has 1 aliphatic carbocycles. The van der Waals surface area contributed by atoms with Gasteiger partial charge in [0.15, 0.2) is 0 Å². The predicted molar refractivity (Wildman–Crippen MR) is 119 cm³/mol. The number of carboxylic acids is 1. The molecule has 1 aromatic rings. The number of likely N-dealkylation sites (tertiary alicyclic amines) is 1. The molecule has 7 heteroatoms. The van der Waals surface area contributed by atoms with Crippen LogP contribution in [0.5, 0.6) is 0 Å². The van der Waals surface area contributed by atoms with Crippen molar-refractivity contribution in [3.05, 3.63) is 15.8 Å². The summed E-state index contributed by atoms with van der Waals surface area (Å²) in [5.41, 5.74) is 0.148. The lowest BCUT2D eigenvalue weighted by atomic mass is 9.82. The fourth-order valence-corrected chi connectivity index (χ4v) is 5.37. The number of hydrogen-bond acceptors (Lipinski definition) is 4. The summed E-state index contributed by atoms with van der Waals surface area (Å²) in [4.78, 5) is 42.8. The lowest BCUT2D eigenvalue weighted by Gasteiger charge is -2.31. The Morgan fingerprint density at radius 1 is 1.13 bits per heavy atom. The average molecular weight is 435 g/mol. The van der Waals surface area contributed by atoms with E-state index >= 15 is 0 Å². The van der Waals surface area contributed by atoms with Crippen LogP contribution in [0, 0.1) is 11.8 Å². The van der Waals surface area contributed by atoms with Crippen molar-refractivity contribution in [1.82, 2.24) is 4.90 Å². The Labute approximate surface area is 183 Å². The zero-order chi connectivity index (χ0) is 22.1. The molecule has 0 aromatic carbocycles. The van der Waals surface area contributed by atoms with Crippen molar-refractivity contribution in [2.45, 2.75) is 71.6 Å². The molecule has 1 aromatic heterocycles. The maximum Gasteiger partial charge on any atom is 0.348 e. The topological polar surface area (TPSA) is 77.9 Å². The molecule has 2 aliphatic rings. The Kier molecular flexibility index (Phi) is 6.90. The first-order valence-corrected chi connectivity index (χ1v) is 11.9. The van der Waals surface area contributed by atoms with Gasteiger partial charge in [0.2, 0.25) is 11.8 Å². The normalized spacial score (nSPS) is 22.2. The molecule has 1 aliphatic heterocycles. The van der Waals surface area contributed by atoms with Crippen LogP contribution in [0.4, 0.5) is 5.69 Å². The van der Waals surface area contributed by atoms with Gasteiger partial charge in [-0.1, -0.05) is 27.7 Å². The number of hydrogen-bond donors (Lipinski definition) is 1. The Balaban J connectivity index is 1.96. The maximum absolute atomic E-state index is 13.6. The van der Waals surface area contributed by atoms with Gasteiger partial charge in [0.1, 0.15) is 11.4 Å². The van der Waals surface area contributed by atoms with E-state index in [1.807, 2.05) is 26.8 Å². The number of carboxylic acid groups (broad SMARTS) is 1. The molecule has 1 saturated heterocycles. The van der Waals surface area contributed by atoms with Crippen molar-refractivity contribution in [3.63, 3.8) is 0 Å². The summed E-state index contributed by atoms with van der Waals surface area (Å²) >= 11 is 1.21. The summed E-state index contributed by atoms with van der Waals surface area (Å²) in [6.45, 7) is 9.63. The van der Waals surface area contributed by atoms with E-state index in [1.165, 1.54) is 16.2 Å². The predicted octanol–water partition coefficient (Wildman–Crippen LogP) is 4.53. The highest BCUT2D eigenvalue weighted by Crippen LogP contribution is 2.39. The molecule has 0 bridgehead atoms. The van der Waals surface area contributed by atoms with Gasteiger partial charge >= 0.3 is 5.97 Å². The van der Waals surface area contributed by atoms with Gasteiger partial charge in [0.25, 0.3) is 0 Å². The smallest absolute Gasteiger partial charge is 0.348 e. The molecule has 2 amide bonds. The highest BCUT2D eigenvalue weighted by atomic mass is 32.1. The van der Waals surface area contributed by atoms with Gasteiger partial charge < -0.3 is 14.9 Å². The Hall–Kier alpha value is -1.89. The maximum atomic E-state index is 13.6. The minimum absolute atomic E-state index is 0.0779. The fraction of sp³-hybridized carbons (Fsp3) is 0.696. The van der Waals surface area contributed by atoms with Crippen LogP contribution in [-0.4, -0.2) is 47.4 Å². The van der Waals surface area contributed by atoms with Crippen LogP contribution in [0.2, 0.25) is 0 Å². The number of amides is 2. The van der Waals surface area contributed by atoms with Gasteiger partial charge in [0.05, 0.1) is 5.69 Å². The van der Waals surface area contributed by atoms with Crippen LogP contribution in [-0.2, 0) is 15.0 Å². The molecule has 0 unspecified atom stereocenters. The van der Waals surface area contributed by atoms with E-state index < -0.39 is 5.97 Å². The third-order valence-electron chi connectivity index (χ3n) is 6.32. The highest BCUT2D eigenvalue weighted by Gasteiger charge is 2.35. The molecule has 1 N–H and O–H groups in total. The number of thiophene rings is 1. The summed E-state index contributed by atoms with van der Waals surface area (Å²) in [5, 5.41) is 9.84. The van der Waals surface area contributed by atoms with Crippen molar-refractivity contribution in [3.8, 4) is 0 Å². The third-order valence-corrected chi connectivity index (χ3v) is 7.86. The molecule has 2 fully saturated rings. The minimum Gasteiger partial charge on any atom is -0.477 e. The number of carbonyl (C=O) groups excluding carboxylic acids is 2. The largest absolute Gasteiger partial charge is 0.477 e. The first-order chi connectivity index (χ1) is 14.1. The van der Waals surface area contributed by atoms with Gasteiger partial charge in [0, 0.05) is 23.9 Å². The number of rotatable bonds is 5. The standard InChI is InChI=1S/C23H34N2O4S/c1-15-7-9-16(10-8-15)21(27)25(14-19(26)24-11-5-6-12-24)17-13-18(23(2,3)4)30-20(17)22(28)29/h13,15-16H,5-12,14H2,1-4H3,(H,28,29). The lowest BCUT2D eigenvalue weighted by molar-refractivity contribution is -0.131. The van der Waals surface area contributed by atoms with Crippen LogP contribution >= 0.6 is 11.3 Å². The van der Waals surface area contributed by atoms with Crippen LogP contribution in [0.15, 0.2) is 6.07 Å². The molecule has 0 radical (unpaired) electrons. The van der Waals surface area contributed by atoms with E-state index in [0.717, 1.165) is 43.4 Å². The van der Waals surface area contributed by atoms with Crippen LogP contribution in [0.25, 0.3) is 0 Å². The minimum atomic E-state index is -1.05. The van der Waals surface area contributed by atoms with Gasteiger partial charge in [-0.15, -0.1) is 11.3 Å². The van der Waals surface area contributed by atoms with Crippen molar-refractivity contribution in [1.29, 1.82) is 0 Å². The quantitative estimate of drug-likeness (QED) is 0.739. The highest BCUT2D eigenvalue weighted by molar-refractivity contribution is 7.14. The molecule has 6 nitrogen and oxygen atoms in total. The van der Waals surface area contributed by atoms with Gasteiger partial charge in [-0.2, -0.15) is 0 Å². The number of aromatic carboxylic acids is 1. The molecule has 3 rings (SSSR count).